The molecule has 0 fully saturated rings. The molecule has 0 amide bonds. The maximum Gasteiger partial charge on any atom is 0.329 e. The van der Waals surface area contributed by atoms with Gasteiger partial charge in [-0.2, -0.15) is 0 Å². The molecule has 3 rings (SSSR count). The average Bonchev–Trinajstić information content (AvgIpc) is 2.65. The fourth-order valence-corrected chi connectivity index (χ4v) is 4.12. The lowest BCUT2D eigenvalue weighted by atomic mass is 9.72. The molecular formula is C20H25Cl2NO4. The first-order valence-corrected chi connectivity index (χ1v) is 9.32. The van der Waals surface area contributed by atoms with Gasteiger partial charge in [0, 0.05) is 11.6 Å². The number of hydrogen-bond acceptors (Lipinski definition) is 4. The molecule has 1 aromatic carbocycles. The lowest BCUT2D eigenvalue weighted by Crippen LogP contribution is -2.53. The number of carboxylic acid groups (broad SMARTS) is 1. The van der Waals surface area contributed by atoms with Gasteiger partial charge in [0.1, 0.15) is 12.2 Å². The smallest absolute Gasteiger partial charge is 0.329 e. The fraction of sp³-hybridized carbons (Fsp3) is 0.450. The summed E-state index contributed by atoms with van der Waals surface area (Å²) in [4.78, 5) is 11.2. The van der Waals surface area contributed by atoms with Crippen LogP contribution < -0.4 is 5.32 Å². The molecule has 148 valence electrons. The van der Waals surface area contributed by atoms with E-state index in [4.69, 9.17) is 16.3 Å². The molecular weight excluding hydrogens is 389 g/mol. The lowest BCUT2D eigenvalue weighted by molar-refractivity contribution is -0.149. The van der Waals surface area contributed by atoms with E-state index in [1.165, 1.54) is 11.1 Å². The Hall–Kier alpha value is -1.37. The second-order valence-corrected chi connectivity index (χ2v) is 7.12. The van der Waals surface area contributed by atoms with E-state index in [2.05, 4.69) is 11.4 Å². The number of hydrogen-bond donors (Lipinski definition) is 3. The van der Waals surface area contributed by atoms with Crippen LogP contribution in [0.15, 0.2) is 47.6 Å². The first-order valence-electron chi connectivity index (χ1n) is 8.94. The predicted octanol–water partition coefficient (Wildman–Crippen LogP) is 3.45. The van der Waals surface area contributed by atoms with Crippen LogP contribution in [0.25, 0.3) is 0 Å². The summed E-state index contributed by atoms with van der Waals surface area (Å²) in [5, 5.41) is 22.5. The van der Waals surface area contributed by atoms with Crippen molar-refractivity contribution < 1.29 is 19.7 Å². The highest BCUT2D eigenvalue weighted by Gasteiger charge is 2.44. The zero-order valence-corrected chi connectivity index (χ0v) is 16.6. The Bertz CT molecular complexity index is 734. The van der Waals surface area contributed by atoms with E-state index in [0.29, 0.717) is 11.6 Å². The summed E-state index contributed by atoms with van der Waals surface area (Å²) in [5.74, 6) is -1.02. The molecule has 2 aliphatic rings. The zero-order valence-electron chi connectivity index (χ0n) is 15.0. The minimum atomic E-state index is -1.02. The molecule has 0 spiro atoms. The first-order chi connectivity index (χ1) is 12.6. The van der Waals surface area contributed by atoms with Gasteiger partial charge in [0.15, 0.2) is 0 Å². The average molecular weight is 414 g/mol. The highest BCUT2D eigenvalue weighted by atomic mass is 35.5. The summed E-state index contributed by atoms with van der Waals surface area (Å²) < 4.78 is 6.01. The summed E-state index contributed by atoms with van der Waals surface area (Å²) in [7, 11) is 0. The number of benzene rings is 1. The molecule has 0 radical (unpaired) electrons. The molecule has 0 bridgehead atoms. The minimum Gasteiger partial charge on any atom is -0.480 e. The number of aliphatic carboxylic acids is 1. The van der Waals surface area contributed by atoms with Crippen molar-refractivity contribution in [2.24, 2.45) is 0 Å². The topological polar surface area (TPSA) is 78.8 Å². The summed E-state index contributed by atoms with van der Waals surface area (Å²) in [5.41, 5.74) is 2.34. The van der Waals surface area contributed by atoms with Crippen molar-refractivity contribution in [1.29, 1.82) is 0 Å². The molecule has 2 atom stereocenters. The number of halogens is 2. The third-order valence-corrected chi connectivity index (χ3v) is 5.27. The molecule has 3 N–H and O–H groups in total. The standard InChI is InChI=1S/C20H24ClNO4.ClH/c21-16-6-3-5-15(12-16)20(26-13-18(24)25)9-8-14-4-1-2-7-17(14)19(20)22-10-11-23;/h3,5-6,8-9,12,19,22-23H,1-2,4,7,10-11,13H2,(H,24,25);1H. The molecule has 0 saturated heterocycles. The Labute approximate surface area is 170 Å². The number of aliphatic hydroxyl groups excluding tert-OH is 1. The number of rotatable bonds is 7. The number of ether oxygens (including phenoxy) is 1. The van der Waals surface area contributed by atoms with Crippen molar-refractivity contribution >= 4 is 30.0 Å². The highest BCUT2D eigenvalue weighted by molar-refractivity contribution is 6.30. The van der Waals surface area contributed by atoms with Gasteiger partial charge in [-0.3, -0.25) is 0 Å². The molecule has 0 aromatic heterocycles. The van der Waals surface area contributed by atoms with Gasteiger partial charge in [0.25, 0.3) is 0 Å². The van der Waals surface area contributed by atoms with Crippen molar-refractivity contribution in [1.82, 2.24) is 5.32 Å². The van der Waals surface area contributed by atoms with E-state index in [9.17, 15) is 15.0 Å². The first kappa shape index (κ1) is 21.9. The van der Waals surface area contributed by atoms with Gasteiger partial charge in [-0.05, 0) is 60.6 Å². The Morgan fingerprint density at radius 1 is 1.33 bits per heavy atom. The van der Waals surface area contributed by atoms with Crippen LogP contribution >= 0.6 is 24.0 Å². The van der Waals surface area contributed by atoms with Gasteiger partial charge in [0.05, 0.1) is 12.6 Å². The highest BCUT2D eigenvalue weighted by Crippen LogP contribution is 2.44. The minimum absolute atomic E-state index is 0. The Kier molecular flexibility index (Phi) is 7.89. The Morgan fingerprint density at radius 3 is 2.81 bits per heavy atom. The quantitative estimate of drug-likeness (QED) is 0.637. The van der Waals surface area contributed by atoms with Crippen LogP contribution in [0.3, 0.4) is 0 Å². The number of allylic oxidation sites excluding steroid dienone is 2. The molecule has 5 nitrogen and oxygen atoms in total. The van der Waals surface area contributed by atoms with Gasteiger partial charge in [0.2, 0.25) is 0 Å². The largest absolute Gasteiger partial charge is 0.480 e. The SMILES string of the molecule is Cl.O=C(O)COC1(c2cccc(Cl)c2)C=CC2=C(CCCC2)C1NCCO. The summed E-state index contributed by atoms with van der Waals surface area (Å²) in [6.45, 7) is -0.0296. The van der Waals surface area contributed by atoms with E-state index in [1.807, 2.05) is 24.3 Å². The fourth-order valence-electron chi connectivity index (χ4n) is 3.93. The zero-order chi connectivity index (χ0) is 18.6. The molecule has 2 aliphatic carbocycles. The molecule has 2 unspecified atom stereocenters. The predicted molar refractivity (Wildman–Crippen MR) is 107 cm³/mol. The normalized spacial score (nSPS) is 24.3. The number of carbonyl (C=O) groups is 1. The molecule has 0 heterocycles. The van der Waals surface area contributed by atoms with Crippen molar-refractivity contribution in [3.05, 3.63) is 58.1 Å². The van der Waals surface area contributed by atoms with E-state index < -0.39 is 18.2 Å². The van der Waals surface area contributed by atoms with E-state index >= 15 is 0 Å². The van der Waals surface area contributed by atoms with Crippen LogP contribution in [-0.4, -0.2) is 42.0 Å². The molecule has 1 aromatic rings. The maximum absolute atomic E-state index is 11.2. The third-order valence-electron chi connectivity index (χ3n) is 5.03. The second kappa shape index (κ2) is 9.71. The molecule has 27 heavy (non-hydrogen) atoms. The third kappa shape index (κ3) is 4.73. The van der Waals surface area contributed by atoms with Crippen molar-refractivity contribution in [3.8, 4) is 0 Å². The van der Waals surface area contributed by atoms with E-state index in [1.54, 1.807) is 6.07 Å². The monoisotopic (exact) mass is 413 g/mol. The molecule has 0 aliphatic heterocycles. The summed E-state index contributed by atoms with van der Waals surface area (Å²) in [6, 6.07) is 7.10. The van der Waals surface area contributed by atoms with Crippen molar-refractivity contribution in [2.75, 3.05) is 19.8 Å². The van der Waals surface area contributed by atoms with Gasteiger partial charge in [-0.15, -0.1) is 12.4 Å². The summed E-state index contributed by atoms with van der Waals surface area (Å²) in [6.07, 6.45) is 8.19. The maximum atomic E-state index is 11.2. The number of carboxylic acids is 1. The Balaban J connectivity index is 0.00000261. The van der Waals surface area contributed by atoms with Crippen LogP contribution in [0.1, 0.15) is 31.2 Å². The number of nitrogens with one attached hydrogen (secondary N) is 1. The van der Waals surface area contributed by atoms with Crippen LogP contribution in [0.4, 0.5) is 0 Å². The van der Waals surface area contributed by atoms with E-state index in [0.717, 1.165) is 31.2 Å². The molecule has 7 heteroatoms. The van der Waals surface area contributed by atoms with Crippen molar-refractivity contribution in [3.63, 3.8) is 0 Å². The van der Waals surface area contributed by atoms with Crippen LogP contribution in [0.5, 0.6) is 0 Å². The van der Waals surface area contributed by atoms with E-state index in [-0.39, 0.29) is 25.1 Å². The number of aliphatic hydroxyl groups is 1. The van der Waals surface area contributed by atoms with Gasteiger partial charge >= 0.3 is 5.97 Å². The molecule has 0 saturated carbocycles. The second-order valence-electron chi connectivity index (χ2n) is 6.69. The Morgan fingerprint density at radius 2 is 2.11 bits per heavy atom. The van der Waals surface area contributed by atoms with Gasteiger partial charge in [-0.25, -0.2) is 4.79 Å². The van der Waals surface area contributed by atoms with Gasteiger partial charge in [-0.1, -0.05) is 29.8 Å². The summed E-state index contributed by atoms with van der Waals surface area (Å²) >= 11 is 6.21. The van der Waals surface area contributed by atoms with Crippen LogP contribution in [0, 0.1) is 0 Å². The lowest BCUT2D eigenvalue weighted by Gasteiger charge is -2.44. The van der Waals surface area contributed by atoms with Crippen LogP contribution in [-0.2, 0) is 15.1 Å². The van der Waals surface area contributed by atoms with Crippen LogP contribution in [0.2, 0.25) is 5.02 Å². The van der Waals surface area contributed by atoms with Gasteiger partial charge < -0.3 is 20.3 Å². The van der Waals surface area contributed by atoms with Crippen molar-refractivity contribution in [2.45, 2.75) is 37.3 Å².